The van der Waals surface area contributed by atoms with Crippen molar-refractivity contribution >= 4 is 27.5 Å². The number of carbonyl (C=O) groups is 1. The lowest BCUT2D eigenvalue weighted by atomic mass is 9.98. The van der Waals surface area contributed by atoms with Crippen LogP contribution >= 0.6 is 11.3 Å². The minimum atomic E-state index is 0.259. The van der Waals surface area contributed by atoms with Crippen LogP contribution in [0.4, 0.5) is 0 Å². The molecule has 0 aliphatic carbocycles. The number of nitrogens with zero attached hydrogens (tertiary/aromatic N) is 4. The van der Waals surface area contributed by atoms with E-state index in [9.17, 15) is 4.79 Å². The summed E-state index contributed by atoms with van der Waals surface area (Å²) < 4.78 is 12.1. The fraction of sp³-hybridized carbons (Fsp3) is 0.462. The zero-order valence-corrected chi connectivity index (χ0v) is 20.1. The maximum Gasteiger partial charge on any atom is 0.236 e. The van der Waals surface area contributed by atoms with E-state index in [-0.39, 0.29) is 5.91 Å². The number of hydrogen-bond donors (Lipinski definition) is 0. The van der Waals surface area contributed by atoms with E-state index in [1.807, 2.05) is 12.1 Å². The van der Waals surface area contributed by atoms with Crippen molar-refractivity contribution in [1.82, 2.24) is 19.7 Å². The van der Waals surface area contributed by atoms with E-state index in [0.717, 1.165) is 75.7 Å². The van der Waals surface area contributed by atoms with Crippen LogP contribution in [0.2, 0.25) is 0 Å². The minimum Gasteiger partial charge on any atom is -0.454 e. The standard InChI is InChI=1S/C26H30N4O3S/c31-25(30-9-3-4-20(16-30)26-27-21-5-1-2-6-24(21)34-26)17-29-12-10-28(11-13-29)15-19-7-8-22-23(14-19)33-18-32-22/h1-2,5-8,14,20H,3-4,9-13,15-18H2/t20-/m1/s1. The number of rotatable bonds is 5. The number of thiazole rings is 1. The number of likely N-dealkylation sites (tertiary alicyclic amines) is 1. The summed E-state index contributed by atoms with van der Waals surface area (Å²) in [5.41, 5.74) is 2.31. The molecule has 7 nitrogen and oxygen atoms in total. The van der Waals surface area contributed by atoms with Gasteiger partial charge in [0.2, 0.25) is 12.7 Å². The van der Waals surface area contributed by atoms with Gasteiger partial charge in [-0.15, -0.1) is 11.3 Å². The molecule has 178 valence electrons. The van der Waals surface area contributed by atoms with Crippen molar-refractivity contribution in [1.29, 1.82) is 0 Å². The van der Waals surface area contributed by atoms with Crippen molar-refractivity contribution < 1.29 is 14.3 Å². The first-order valence-electron chi connectivity index (χ1n) is 12.2. The van der Waals surface area contributed by atoms with Crippen LogP contribution in [0, 0.1) is 0 Å². The number of amides is 1. The number of hydrogen-bond acceptors (Lipinski definition) is 7. The number of carbonyl (C=O) groups excluding carboxylic acids is 1. The number of benzene rings is 2. The topological polar surface area (TPSA) is 58.1 Å². The predicted molar refractivity (Wildman–Crippen MR) is 132 cm³/mol. The zero-order chi connectivity index (χ0) is 22.9. The third kappa shape index (κ3) is 4.62. The summed E-state index contributed by atoms with van der Waals surface area (Å²) in [5, 5.41) is 1.18. The van der Waals surface area contributed by atoms with E-state index < -0.39 is 0 Å². The average molecular weight is 479 g/mol. The Bertz CT molecular complexity index is 1140. The SMILES string of the molecule is O=C(CN1CCN(Cc2ccc3c(c2)OCO3)CC1)N1CCC[C@@H](c2nc3ccccc3s2)C1. The number of fused-ring (bicyclic) bond motifs is 2. The molecule has 34 heavy (non-hydrogen) atoms. The monoisotopic (exact) mass is 478 g/mol. The second-order valence-corrected chi connectivity index (χ2v) is 10.5. The molecule has 2 aromatic carbocycles. The maximum absolute atomic E-state index is 13.1. The Hall–Kier alpha value is -2.68. The summed E-state index contributed by atoms with van der Waals surface area (Å²) in [7, 11) is 0. The normalized spacial score (nSPS) is 21.3. The van der Waals surface area contributed by atoms with Gasteiger partial charge in [0, 0.05) is 51.7 Å². The highest BCUT2D eigenvalue weighted by molar-refractivity contribution is 7.18. The van der Waals surface area contributed by atoms with Gasteiger partial charge < -0.3 is 14.4 Å². The Morgan fingerprint density at radius 1 is 1.00 bits per heavy atom. The molecule has 1 amide bonds. The van der Waals surface area contributed by atoms with E-state index >= 15 is 0 Å². The molecule has 0 bridgehead atoms. The third-order valence-corrected chi connectivity index (χ3v) is 8.30. The molecule has 3 aliphatic rings. The van der Waals surface area contributed by atoms with Gasteiger partial charge in [-0.2, -0.15) is 0 Å². The molecular weight excluding hydrogens is 448 g/mol. The number of ether oxygens (including phenoxy) is 2. The molecule has 4 heterocycles. The second-order valence-electron chi connectivity index (χ2n) is 9.44. The molecule has 6 rings (SSSR count). The first kappa shape index (κ1) is 21.8. The molecule has 3 aromatic rings. The van der Waals surface area contributed by atoms with Crippen molar-refractivity contribution in [2.75, 3.05) is 52.6 Å². The summed E-state index contributed by atoms with van der Waals surface area (Å²) in [6, 6.07) is 14.5. The van der Waals surface area contributed by atoms with E-state index in [0.29, 0.717) is 19.3 Å². The van der Waals surface area contributed by atoms with Crippen molar-refractivity contribution in [3.63, 3.8) is 0 Å². The zero-order valence-electron chi connectivity index (χ0n) is 19.3. The summed E-state index contributed by atoms with van der Waals surface area (Å²) in [5.74, 6) is 2.28. The lowest BCUT2D eigenvalue weighted by molar-refractivity contribution is -0.134. The predicted octanol–water partition coefficient (Wildman–Crippen LogP) is 3.55. The van der Waals surface area contributed by atoms with Gasteiger partial charge in [-0.1, -0.05) is 18.2 Å². The first-order valence-corrected chi connectivity index (χ1v) is 13.0. The first-order chi connectivity index (χ1) is 16.7. The fourth-order valence-corrected chi connectivity index (χ4v) is 6.26. The van der Waals surface area contributed by atoms with Gasteiger partial charge in [-0.25, -0.2) is 4.98 Å². The van der Waals surface area contributed by atoms with Gasteiger partial charge in [0.1, 0.15) is 0 Å². The van der Waals surface area contributed by atoms with Gasteiger partial charge in [0.15, 0.2) is 11.5 Å². The highest BCUT2D eigenvalue weighted by Crippen LogP contribution is 2.34. The number of aromatic nitrogens is 1. The van der Waals surface area contributed by atoms with Gasteiger partial charge in [0.25, 0.3) is 0 Å². The molecule has 3 aliphatic heterocycles. The molecule has 8 heteroatoms. The highest BCUT2D eigenvalue weighted by Gasteiger charge is 2.28. The lowest BCUT2D eigenvalue weighted by Gasteiger charge is -2.37. The minimum absolute atomic E-state index is 0.259. The van der Waals surface area contributed by atoms with E-state index in [1.165, 1.54) is 15.3 Å². The Morgan fingerprint density at radius 2 is 1.82 bits per heavy atom. The van der Waals surface area contributed by atoms with Crippen molar-refractivity contribution in [2.45, 2.75) is 25.3 Å². The van der Waals surface area contributed by atoms with Crippen molar-refractivity contribution in [2.24, 2.45) is 0 Å². The molecular formula is C26H30N4O3S. The van der Waals surface area contributed by atoms with Crippen LogP contribution in [0.1, 0.15) is 29.3 Å². The summed E-state index contributed by atoms with van der Waals surface area (Å²) >= 11 is 1.78. The largest absolute Gasteiger partial charge is 0.454 e. The summed E-state index contributed by atoms with van der Waals surface area (Å²) in [6.07, 6.45) is 2.16. The van der Waals surface area contributed by atoms with Crippen LogP contribution in [0.15, 0.2) is 42.5 Å². The van der Waals surface area contributed by atoms with Gasteiger partial charge in [-0.05, 0) is 42.7 Å². The van der Waals surface area contributed by atoms with Crippen LogP contribution in [-0.2, 0) is 11.3 Å². The molecule has 0 N–H and O–H groups in total. The number of piperazine rings is 1. The molecule has 0 unspecified atom stereocenters. The number of para-hydroxylation sites is 1. The highest BCUT2D eigenvalue weighted by atomic mass is 32.1. The quantitative estimate of drug-likeness (QED) is 0.559. The average Bonchev–Trinajstić information content (AvgIpc) is 3.52. The van der Waals surface area contributed by atoms with Crippen LogP contribution < -0.4 is 9.47 Å². The Morgan fingerprint density at radius 3 is 2.71 bits per heavy atom. The molecule has 2 saturated heterocycles. The van der Waals surface area contributed by atoms with Gasteiger partial charge in [0.05, 0.1) is 21.8 Å². The molecule has 2 fully saturated rings. The molecule has 0 radical (unpaired) electrons. The van der Waals surface area contributed by atoms with Crippen molar-refractivity contribution in [3.8, 4) is 11.5 Å². The Kier molecular flexibility index (Phi) is 6.11. The van der Waals surface area contributed by atoms with Crippen LogP contribution in [-0.4, -0.2) is 78.2 Å². The van der Waals surface area contributed by atoms with E-state index in [1.54, 1.807) is 11.3 Å². The summed E-state index contributed by atoms with van der Waals surface area (Å²) in [6.45, 7) is 7.17. The molecule has 0 saturated carbocycles. The van der Waals surface area contributed by atoms with E-state index in [4.69, 9.17) is 14.5 Å². The Labute approximate surface area is 203 Å². The van der Waals surface area contributed by atoms with Gasteiger partial charge >= 0.3 is 0 Å². The summed E-state index contributed by atoms with van der Waals surface area (Å²) in [4.78, 5) is 24.8. The van der Waals surface area contributed by atoms with E-state index in [2.05, 4.69) is 45.0 Å². The van der Waals surface area contributed by atoms with Crippen LogP contribution in [0.5, 0.6) is 11.5 Å². The van der Waals surface area contributed by atoms with Gasteiger partial charge in [-0.3, -0.25) is 14.6 Å². The smallest absolute Gasteiger partial charge is 0.236 e. The molecule has 0 spiro atoms. The van der Waals surface area contributed by atoms with Crippen LogP contribution in [0.3, 0.4) is 0 Å². The second kappa shape index (κ2) is 9.52. The maximum atomic E-state index is 13.1. The Balaban J connectivity index is 1.000. The fourth-order valence-electron chi connectivity index (χ4n) is 5.16. The van der Waals surface area contributed by atoms with Crippen LogP contribution in [0.25, 0.3) is 10.2 Å². The van der Waals surface area contributed by atoms with Crippen molar-refractivity contribution in [3.05, 3.63) is 53.0 Å². The molecule has 1 aromatic heterocycles. The lowest BCUT2D eigenvalue weighted by Crippen LogP contribution is -2.50. The third-order valence-electron chi connectivity index (χ3n) is 7.10. The number of piperidine rings is 1. The molecule has 1 atom stereocenters.